The highest BCUT2D eigenvalue weighted by molar-refractivity contribution is 5.95. The average molecular weight is 368 g/mol. The summed E-state index contributed by atoms with van der Waals surface area (Å²) in [5, 5.41) is 13.8. The van der Waals surface area contributed by atoms with E-state index in [1.807, 2.05) is 12.1 Å². The molecule has 8 nitrogen and oxygen atoms in total. The van der Waals surface area contributed by atoms with E-state index in [1.54, 1.807) is 23.4 Å². The predicted molar refractivity (Wildman–Crippen MR) is 97.8 cm³/mol. The van der Waals surface area contributed by atoms with Gasteiger partial charge < -0.3 is 10.2 Å². The highest BCUT2D eigenvalue weighted by Gasteiger charge is 2.28. The normalized spacial score (nSPS) is 14.6. The second-order valence-electron chi connectivity index (χ2n) is 6.45. The Morgan fingerprint density at radius 1 is 1.22 bits per heavy atom. The molecule has 0 unspecified atom stereocenters. The maximum absolute atomic E-state index is 12.6. The largest absolute Gasteiger partial charge is 0.352 e. The molecule has 1 fully saturated rings. The lowest BCUT2D eigenvalue weighted by atomic mass is 9.95. The lowest BCUT2D eigenvalue weighted by Crippen LogP contribution is -2.42. The Morgan fingerprint density at radius 2 is 2.00 bits per heavy atom. The number of amides is 2. The molecule has 1 aliphatic heterocycles. The number of likely N-dealkylation sites (tertiary alicyclic amines) is 1. The maximum Gasteiger partial charge on any atom is 0.270 e. The van der Waals surface area contributed by atoms with E-state index in [9.17, 15) is 19.7 Å². The number of pyridine rings is 1. The van der Waals surface area contributed by atoms with Crippen LogP contribution in [0.15, 0.2) is 48.8 Å². The van der Waals surface area contributed by atoms with Gasteiger partial charge in [0.25, 0.3) is 11.6 Å². The molecule has 2 aromatic rings. The van der Waals surface area contributed by atoms with Crippen molar-refractivity contribution in [1.29, 1.82) is 0 Å². The Balaban J connectivity index is 1.52. The van der Waals surface area contributed by atoms with Gasteiger partial charge in [-0.25, -0.2) is 0 Å². The smallest absolute Gasteiger partial charge is 0.270 e. The lowest BCUT2D eigenvalue weighted by Gasteiger charge is -2.31. The molecule has 1 aliphatic rings. The van der Waals surface area contributed by atoms with Gasteiger partial charge in [-0.05, 0) is 30.5 Å². The van der Waals surface area contributed by atoms with E-state index in [-0.39, 0.29) is 23.4 Å². The summed E-state index contributed by atoms with van der Waals surface area (Å²) in [7, 11) is 0. The van der Waals surface area contributed by atoms with Crippen LogP contribution in [0, 0.1) is 16.0 Å². The maximum atomic E-state index is 12.6. The van der Waals surface area contributed by atoms with Crippen LogP contribution in [-0.4, -0.2) is 39.7 Å². The Bertz CT molecular complexity index is 833. The first-order valence-corrected chi connectivity index (χ1v) is 8.75. The summed E-state index contributed by atoms with van der Waals surface area (Å²) < 4.78 is 0. The zero-order valence-corrected chi connectivity index (χ0v) is 14.7. The molecule has 2 amide bonds. The third-order valence-electron chi connectivity index (χ3n) is 4.65. The van der Waals surface area contributed by atoms with E-state index in [2.05, 4.69) is 10.3 Å². The number of non-ortho nitro benzene ring substituents is 1. The molecule has 140 valence electrons. The molecule has 0 radical (unpaired) electrons. The zero-order valence-electron chi connectivity index (χ0n) is 14.7. The van der Waals surface area contributed by atoms with E-state index in [1.165, 1.54) is 18.2 Å². The third-order valence-corrected chi connectivity index (χ3v) is 4.65. The van der Waals surface area contributed by atoms with E-state index in [0.717, 1.165) is 5.56 Å². The molecule has 1 saturated heterocycles. The van der Waals surface area contributed by atoms with Gasteiger partial charge in [0, 0.05) is 55.6 Å². The number of carbonyl (C=O) groups is 2. The van der Waals surface area contributed by atoms with Crippen LogP contribution >= 0.6 is 0 Å². The molecule has 0 spiro atoms. The van der Waals surface area contributed by atoms with E-state index in [4.69, 9.17) is 0 Å². The van der Waals surface area contributed by atoms with Gasteiger partial charge in [0.2, 0.25) is 5.91 Å². The Morgan fingerprint density at radius 3 is 2.67 bits per heavy atom. The van der Waals surface area contributed by atoms with Crippen molar-refractivity contribution in [3.05, 3.63) is 70.0 Å². The summed E-state index contributed by atoms with van der Waals surface area (Å²) in [6.07, 6.45) is 4.53. The summed E-state index contributed by atoms with van der Waals surface area (Å²) >= 11 is 0. The first-order valence-electron chi connectivity index (χ1n) is 8.75. The standard InChI is InChI=1S/C19H20N4O4/c24-18(21-13-14-3-2-8-20-12-14)15-6-9-22(10-7-15)19(25)16-4-1-5-17(11-16)23(26)27/h1-5,8,11-12,15H,6-7,9-10,13H2,(H,21,24). The van der Waals surface area contributed by atoms with Crippen molar-refractivity contribution >= 4 is 17.5 Å². The number of piperidine rings is 1. The van der Waals surface area contributed by atoms with E-state index < -0.39 is 4.92 Å². The van der Waals surface area contributed by atoms with Crippen LogP contribution in [0.5, 0.6) is 0 Å². The Labute approximate surface area is 156 Å². The molecule has 27 heavy (non-hydrogen) atoms. The molecule has 3 rings (SSSR count). The minimum atomic E-state index is -0.518. The van der Waals surface area contributed by atoms with Gasteiger partial charge in [-0.1, -0.05) is 12.1 Å². The monoisotopic (exact) mass is 368 g/mol. The number of benzene rings is 1. The number of aromatic nitrogens is 1. The first kappa shape index (κ1) is 18.5. The minimum Gasteiger partial charge on any atom is -0.352 e. The molecule has 1 N–H and O–H groups in total. The van der Waals surface area contributed by atoms with Gasteiger partial charge >= 0.3 is 0 Å². The topological polar surface area (TPSA) is 105 Å². The molecule has 2 heterocycles. The fourth-order valence-electron chi connectivity index (χ4n) is 3.12. The highest BCUT2D eigenvalue weighted by atomic mass is 16.6. The van der Waals surface area contributed by atoms with Crippen molar-refractivity contribution in [2.75, 3.05) is 13.1 Å². The number of rotatable bonds is 5. The van der Waals surface area contributed by atoms with Crippen LogP contribution in [0.3, 0.4) is 0 Å². The number of nitrogens with one attached hydrogen (secondary N) is 1. The fraction of sp³-hybridized carbons (Fsp3) is 0.316. The van der Waals surface area contributed by atoms with Gasteiger partial charge in [0.1, 0.15) is 0 Å². The SMILES string of the molecule is O=C(NCc1cccnc1)C1CCN(C(=O)c2cccc([N+](=O)[O-])c2)CC1. The Hall–Kier alpha value is -3.29. The summed E-state index contributed by atoms with van der Waals surface area (Å²) in [5.74, 6) is -0.412. The molecule has 8 heteroatoms. The number of nitro benzene ring substituents is 1. The molecule has 0 atom stereocenters. The van der Waals surface area contributed by atoms with Crippen molar-refractivity contribution in [3.8, 4) is 0 Å². The molecule has 1 aromatic heterocycles. The second kappa shape index (κ2) is 8.39. The van der Waals surface area contributed by atoms with E-state index >= 15 is 0 Å². The molecule has 0 saturated carbocycles. The van der Waals surface area contributed by atoms with Crippen molar-refractivity contribution in [2.24, 2.45) is 5.92 Å². The molecular formula is C19H20N4O4. The van der Waals surface area contributed by atoms with Crippen LogP contribution < -0.4 is 5.32 Å². The van der Waals surface area contributed by atoms with E-state index in [0.29, 0.717) is 38.0 Å². The van der Waals surface area contributed by atoms with Crippen LogP contribution in [0.1, 0.15) is 28.8 Å². The van der Waals surface area contributed by atoms with Gasteiger partial charge in [-0.2, -0.15) is 0 Å². The van der Waals surface area contributed by atoms with Crippen LogP contribution in [-0.2, 0) is 11.3 Å². The summed E-state index contributed by atoms with van der Waals surface area (Å²) in [6.45, 7) is 1.33. The predicted octanol–water partition coefficient (Wildman–Crippen LogP) is 2.16. The molecule has 1 aromatic carbocycles. The second-order valence-corrected chi connectivity index (χ2v) is 6.45. The van der Waals surface area contributed by atoms with Crippen molar-refractivity contribution in [2.45, 2.75) is 19.4 Å². The zero-order chi connectivity index (χ0) is 19.2. The third kappa shape index (κ3) is 4.66. The molecule has 0 aliphatic carbocycles. The van der Waals surface area contributed by atoms with Gasteiger partial charge in [0.05, 0.1) is 4.92 Å². The summed E-state index contributed by atoms with van der Waals surface area (Å²) in [6, 6.07) is 9.43. The van der Waals surface area contributed by atoms with Crippen molar-refractivity contribution < 1.29 is 14.5 Å². The van der Waals surface area contributed by atoms with Gasteiger partial charge in [0.15, 0.2) is 0 Å². The quantitative estimate of drug-likeness (QED) is 0.643. The number of nitro groups is 1. The Kier molecular flexibility index (Phi) is 5.75. The van der Waals surface area contributed by atoms with Crippen molar-refractivity contribution in [1.82, 2.24) is 15.2 Å². The minimum absolute atomic E-state index is 0.0266. The van der Waals surface area contributed by atoms with Crippen LogP contribution in [0.2, 0.25) is 0 Å². The molecular weight excluding hydrogens is 348 g/mol. The van der Waals surface area contributed by atoms with Crippen molar-refractivity contribution in [3.63, 3.8) is 0 Å². The summed E-state index contributed by atoms with van der Waals surface area (Å²) in [4.78, 5) is 40.9. The van der Waals surface area contributed by atoms with Gasteiger partial charge in [-0.3, -0.25) is 24.7 Å². The lowest BCUT2D eigenvalue weighted by molar-refractivity contribution is -0.384. The van der Waals surface area contributed by atoms with Gasteiger partial charge in [-0.15, -0.1) is 0 Å². The number of hydrogen-bond acceptors (Lipinski definition) is 5. The average Bonchev–Trinajstić information content (AvgIpc) is 2.72. The first-order chi connectivity index (χ1) is 13.0. The van der Waals surface area contributed by atoms with Crippen LogP contribution in [0.25, 0.3) is 0 Å². The fourth-order valence-corrected chi connectivity index (χ4v) is 3.12. The van der Waals surface area contributed by atoms with Crippen LogP contribution in [0.4, 0.5) is 5.69 Å². The summed E-state index contributed by atoms with van der Waals surface area (Å²) in [5.41, 5.74) is 1.12. The number of hydrogen-bond donors (Lipinski definition) is 1. The molecule has 0 bridgehead atoms. The number of carbonyl (C=O) groups excluding carboxylic acids is 2. The number of nitrogens with zero attached hydrogens (tertiary/aromatic N) is 3. The highest BCUT2D eigenvalue weighted by Crippen LogP contribution is 2.21.